The van der Waals surface area contributed by atoms with E-state index in [1.165, 1.54) is 13.0 Å². The van der Waals surface area contributed by atoms with Crippen molar-refractivity contribution in [2.45, 2.75) is 36.8 Å². The van der Waals surface area contributed by atoms with E-state index in [2.05, 4.69) is 5.10 Å². The van der Waals surface area contributed by atoms with E-state index < -0.39 is 35.8 Å². The fraction of sp³-hybridized carbons (Fsp3) is 0.500. The zero-order valence-electron chi connectivity index (χ0n) is 12.3. The molecule has 1 heterocycles. The predicted molar refractivity (Wildman–Crippen MR) is 60.0 cm³/mol. The molecule has 0 aromatic carbocycles. The van der Waals surface area contributed by atoms with Crippen molar-refractivity contribution in [3.63, 3.8) is 0 Å². The molecule has 0 saturated heterocycles. The molecule has 0 aliphatic carbocycles. The van der Waals surface area contributed by atoms with Crippen LogP contribution < -0.4 is 9.78 Å². The molecule has 1 aromatic rings. The summed E-state index contributed by atoms with van der Waals surface area (Å²) in [5.41, 5.74) is 0.230. The number of hydrogen-bond acceptors (Lipinski definition) is 2. The highest BCUT2D eigenvalue weighted by Crippen LogP contribution is 2.57. The monoisotopic (exact) mass is 404 g/mol. The number of halogens is 11. The summed E-state index contributed by atoms with van der Waals surface area (Å²) in [5, 5.41) is 13.4. The maximum absolute atomic E-state index is 13.4. The first kappa shape index (κ1) is 21.9. The molecule has 0 fully saturated rings. The van der Waals surface area contributed by atoms with Gasteiger partial charge >= 0.3 is 29.9 Å². The highest BCUT2D eigenvalue weighted by molar-refractivity contribution is 5.80. The van der Waals surface area contributed by atoms with Crippen LogP contribution in [0.3, 0.4) is 0 Å². The topological polar surface area (TPSA) is 39.3 Å². The van der Waals surface area contributed by atoms with Crippen molar-refractivity contribution in [1.82, 2.24) is 0 Å². The summed E-state index contributed by atoms with van der Waals surface area (Å²) in [6.07, 6.45) is -5.78. The molecule has 0 bridgehead atoms. The fourth-order valence-electron chi connectivity index (χ4n) is 1.51. The first-order chi connectivity index (χ1) is 11.4. The van der Waals surface area contributed by atoms with E-state index in [4.69, 9.17) is 0 Å². The Bertz CT molecular complexity index is 697. The third-order valence-electron chi connectivity index (χ3n) is 2.95. The van der Waals surface area contributed by atoms with Crippen LogP contribution in [0.15, 0.2) is 29.6 Å². The lowest BCUT2D eigenvalue weighted by Gasteiger charge is -2.38. The molecule has 0 N–H and O–H groups in total. The quantitative estimate of drug-likeness (QED) is 0.322. The highest BCUT2D eigenvalue weighted by atomic mass is 19.4. The van der Waals surface area contributed by atoms with Crippen LogP contribution in [0.1, 0.15) is 5.56 Å². The summed E-state index contributed by atoms with van der Waals surface area (Å²) in [7, 11) is 0. The lowest BCUT2D eigenvalue weighted by atomic mass is 9.98. The van der Waals surface area contributed by atoms with Crippen LogP contribution in [0.2, 0.25) is 0 Å². The molecule has 0 atom stereocenters. The average molecular weight is 404 g/mol. The van der Waals surface area contributed by atoms with E-state index in [0.29, 0.717) is 0 Å². The second-order valence-corrected chi connectivity index (χ2v) is 4.96. The van der Waals surface area contributed by atoms with E-state index in [0.717, 1.165) is 18.5 Å². The molecular weight excluding hydrogens is 397 g/mol. The van der Waals surface area contributed by atoms with Gasteiger partial charge in [0.05, 0.1) is 0 Å². The molecule has 0 amide bonds. The SMILES string of the molecule is Cc1ccc[n+](/N=C(/[O-])C(F)(F)C(F)(F)C(F)(F)C(F)(F)C(F)(F)F)c1. The second-order valence-electron chi connectivity index (χ2n) is 4.96. The van der Waals surface area contributed by atoms with Crippen molar-refractivity contribution < 1.29 is 58.1 Å². The van der Waals surface area contributed by atoms with Gasteiger partial charge in [-0.2, -0.15) is 48.3 Å². The van der Waals surface area contributed by atoms with Crippen LogP contribution in [0.5, 0.6) is 0 Å². The van der Waals surface area contributed by atoms with Crippen LogP contribution in [-0.2, 0) is 0 Å². The van der Waals surface area contributed by atoms with Gasteiger partial charge in [0.15, 0.2) is 0 Å². The minimum absolute atomic E-state index is 0.168. The van der Waals surface area contributed by atoms with Crippen LogP contribution in [0.4, 0.5) is 48.3 Å². The van der Waals surface area contributed by atoms with Gasteiger partial charge in [-0.1, -0.05) is 4.68 Å². The molecule has 14 heteroatoms. The lowest BCUT2D eigenvalue weighted by molar-refractivity contribution is -0.682. The highest BCUT2D eigenvalue weighted by Gasteiger charge is 2.87. The van der Waals surface area contributed by atoms with Gasteiger partial charge in [0.25, 0.3) is 0 Å². The van der Waals surface area contributed by atoms with Gasteiger partial charge in [0.2, 0.25) is 12.4 Å². The van der Waals surface area contributed by atoms with Gasteiger partial charge in [-0.15, -0.1) is 0 Å². The Morgan fingerprint density at radius 2 is 1.38 bits per heavy atom. The van der Waals surface area contributed by atoms with Gasteiger partial charge in [0.1, 0.15) is 5.90 Å². The molecule has 0 aliphatic heterocycles. The predicted octanol–water partition coefficient (Wildman–Crippen LogP) is 2.91. The van der Waals surface area contributed by atoms with Gasteiger partial charge in [-0.25, -0.2) is 0 Å². The molecule has 148 valence electrons. The van der Waals surface area contributed by atoms with Crippen molar-refractivity contribution in [2.24, 2.45) is 5.10 Å². The number of rotatable bonds is 5. The normalized spacial score (nSPS) is 15.3. The van der Waals surface area contributed by atoms with E-state index in [-0.39, 0.29) is 10.2 Å². The van der Waals surface area contributed by atoms with Crippen LogP contribution in [0.25, 0.3) is 0 Å². The summed E-state index contributed by atoms with van der Waals surface area (Å²) < 4.78 is 141. The number of alkyl halides is 11. The standard InChI is InChI=1S/C12H7F11N2O/c1-6-3-2-4-25(5-6)24-7(26)8(13,14)9(15,16)10(17,18)11(19,20)12(21,22)23/h2-5H,1H3. The second kappa shape index (κ2) is 6.23. The Kier molecular flexibility index (Phi) is 5.24. The summed E-state index contributed by atoms with van der Waals surface area (Å²) >= 11 is 0. The Balaban J connectivity index is 3.44. The van der Waals surface area contributed by atoms with Crippen molar-refractivity contribution in [2.75, 3.05) is 0 Å². The van der Waals surface area contributed by atoms with E-state index in [1.807, 2.05) is 0 Å². The van der Waals surface area contributed by atoms with E-state index in [1.54, 1.807) is 0 Å². The number of aryl methyl sites for hydroxylation is 1. The number of nitrogens with zero attached hydrogens (tertiary/aromatic N) is 2. The zero-order chi connectivity index (χ0) is 20.8. The first-order valence-electron chi connectivity index (χ1n) is 6.22. The number of aromatic nitrogens is 1. The van der Waals surface area contributed by atoms with Crippen LogP contribution in [-0.4, -0.2) is 35.8 Å². The molecule has 3 nitrogen and oxygen atoms in total. The third-order valence-corrected chi connectivity index (χ3v) is 2.95. The minimum Gasteiger partial charge on any atom is -0.853 e. The molecule has 1 aromatic heterocycles. The molecular formula is C12H7F11N2O. The summed E-state index contributed by atoms with van der Waals surface area (Å²) in [5.74, 6) is -32.6. The maximum Gasteiger partial charge on any atom is 0.460 e. The van der Waals surface area contributed by atoms with Crippen molar-refractivity contribution >= 4 is 5.90 Å². The molecule has 1 rings (SSSR count). The Hall–Kier alpha value is -2.15. The van der Waals surface area contributed by atoms with Crippen molar-refractivity contribution in [3.8, 4) is 0 Å². The number of pyridine rings is 1. The molecule has 0 aliphatic rings. The summed E-state index contributed by atoms with van der Waals surface area (Å²) in [4.78, 5) is 0. The Labute approximate surface area is 137 Å². The van der Waals surface area contributed by atoms with Crippen LogP contribution in [0, 0.1) is 6.92 Å². The van der Waals surface area contributed by atoms with E-state index >= 15 is 0 Å². The molecule has 26 heavy (non-hydrogen) atoms. The summed E-state index contributed by atoms with van der Waals surface area (Å²) in [6.45, 7) is 1.32. The third kappa shape index (κ3) is 3.28. The fourth-order valence-corrected chi connectivity index (χ4v) is 1.51. The minimum atomic E-state index is -7.65. The zero-order valence-corrected chi connectivity index (χ0v) is 12.3. The largest absolute Gasteiger partial charge is 0.853 e. The maximum atomic E-state index is 13.4. The molecule has 0 saturated carbocycles. The van der Waals surface area contributed by atoms with E-state index in [9.17, 15) is 53.4 Å². The van der Waals surface area contributed by atoms with Gasteiger partial charge in [-0.05, 0) is 18.1 Å². The molecule has 0 unspecified atom stereocenters. The van der Waals surface area contributed by atoms with Gasteiger partial charge in [-0.3, -0.25) is 0 Å². The lowest BCUT2D eigenvalue weighted by Crippen LogP contribution is -2.69. The summed E-state index contributed by atoms with van der Waals surface area (Å²) in [6, 6.07) is 2.39. The van der Waals surface area contributed by atoms with Gasteiger partial charge < -0.3 is 5.11 Å². The van der Waals surface area contributed by atoms with Crippen molar-refractivity contribution in [1.29, 1.82) is 0 Å². The Morgan fingerprint density at radius 3 is 1.81 bits per heavy atom. The van der Waals surface area contributed by atoms with Crippen LogP contribution >= 0.6 is 0 Å². The molecule has 0 spiro atoms. The number of hydrogen-bond donors (Lipinski definition) is 0. The average Bonchev–Trinajstić information content (AvgIpc) is 2.45. The first-order valence-corrected chi connectivity index (χ1v) is 6.22. The van der Waals surface area contributed by atoms with Crippen molar-refractivity contribution in [3.05, 3.63) is 30.1 Å². The Morgan fingerprint density at radius 1 is 0.885 bits per heavy atom. The van der Waals surface area contributed by atoms with Gasteiger partial charge in [0, 0.05) is 11.6 Å². The smallest absolute Gasteiger partial charge is 0.460 e. The molecule has 0 radical (unpaired) electrons.